The Morgan fingerprint density at radius 2 is 1.82 bits per heavy atom. The van der Waals surface area contributed by atoms with Crippen molar-refractivity contribution in [2.75, 3.05) is 12.9 Å². The summed E-state index contributed by atoms with van der Waals surface area (Å²) < 4.78 is 22.3. The summed E-state index contributed by atoms with van der Waals surface area (Å²) in [5.41, 5.74) is 6.40. The van der Waals surface area contributed by atoms with Crippen molar-refractivity contribution in [2.45, 2.75) is 77.3 Å². The number of thioether (sulfide) groups is 1. The summed E-state index contributed by atoms with van der Waals surface area (Å²) in [5, 5.41) is 0. The predicted octanol–water partition coefficient (Wildman–Crippen LogP) is 1.88. The van der Waals surface area contributed by atoms with E-state index in [9.17, 15) is 14.4 Å². The van der Waals surface area contributed by atoms with E-state index in [-0.39, 0.29) is 11.8 Å². The zero-order valence-electron chi connectivity index (χ0n) is 17.7. The molecule has 1 fully saturated rings. The fourth-order valence-electron chi connectivity index (χ4n) is 3.79. The number of esters is 3. The molecule has 1 saturated heterocycles. The normalized spacial score (nSPS) is 32.1. The van der Waals surface area contributed by atoms with Gasteiger partial charge in [-0.2, -0.15) is 0 Å². The molecule has 9 heteroatoms. The third kappa shape index (κ3) is 5.18. The van der Waals surface area contributed by atoms with Crippen molar-refractivity contribution in [1.29, 1.82) is 0 Å². The van der Waals surface area contributed by atoms with Crippen LogP contribution in [0.2, 0.25) is 0 Å². The smallest absolute Gasteiger partial charge is 0.350 e. The minimum absolute atomic E-state index is 0.268. The van der Waals surface area contributed by atoms with Gasteiger partial charge >= 0.3 is 17.9 Å². The van der Waals surface area contributed by atoms with Crippen molar-refractivity contribution in [3.05, 3.63) is 0 Å². The minimum atomic E-state index is -1.52. The lowest BCUT2D eigenvalue weighted by molar-refractivity contribution is -0.215. The van der Waals surface area contributed by atoms with Gasteiger partial charge in [0.2, 0.25) is 4.93 Å². The van der Waals surface area contributed by atoms with Crippen molar-refractivity contribution in [1.82, 2.24) is 0 Å². The van der Waals surface area contributed by atoms with Gasteiger partial charge in [-0.05, 0) is 12.2 Å². The summed E-state index contributed by atoms with van der Waals surface area (Å²) in [4.78, 5) is 34.4. The summed E-state index contributed by atoms with van der Waals surface area (Å²) in [5.74, 6) is -1.57. The summed E-state index contributed by atoms with van der Waals surface area (Å²) >= 11 is 1.21. The average Bonchev–Trinajstić information content (AvgIpc) is 2.64. The SMILES string of the molecule is CCSC1(C(=O)OC)OC(C(C)C(CC)OC(C)=O)[C@H](C)[C@H](OC(C)=O)C1N. The van der Waals surface area contributed by atoms with Gasteiger partial charge < -0.3 is 24.7 Å². The van der Waals surface area contributed by atoms with Crippen LogP contribution in [-0.4, -0.2) is 60.1 Å². The van der Waals surface area contributed by atoms with E-state index in [1.54, 1.807) is 0 Å². The van der Waals surface area contributed by atoms with Crippen LogP contribution in [0.5, 0.6) is 0 Å². The Kier molecular flexibility index (Phi) is 9.23. The number of ether oxygens (including phenoxy) is 4. The molecule has 1 aliphatic heterocycles. The van der Waals surface area contributed by atoms with Gasteiger partial charge in [0.1, 0.15) is 12.2 Å². The molecule has 0 bridgehead atoms. The molecule has 0 amide bonds. The zero-order valence-corrected chi connectivity index (χ0v) is 18.5. The molecule has 28 heavy (non-hydrogen) atoms. The fraction of sp³-hybridized carbons (Fsp3) is 0.842. The van der Waals surface area contributed by atoms with Crippen LogP contribution in [0.25, 0.3) is 0 Å². The van der Waals surface area contributed by atoms with Crippen LogP contribution in [0.3, 0.4) is 0 Å². The second-order valence-electron chi connectivity index (χ2n) is 7.05. The third-order valence-electron chi connectivity index (χ3n) is 5.10. The van der Waals surface area contributed by atoms with Crippen LogP contribution in [0.1, 0.15) is 48.0 Å². The maximum Gasteiger partial charge on any atom is 0.350 e. The Hall–Kier alpha value is -1.32. The molecule has 7 atom stereocenters. The van der Waals surface area contributed by atoms with Gasteiger partial charge in [0.15, 0.2) is 0 Å². The second kappa shape index (κ2) is 10.5. The molecule has 0 saturated carbocycles. The Balaban J connectivity index is 3.39. The number of hydrogen-bond donors (Lipinski definition) is 1. The van der Waals surface area contributed by atoms with E-state index in [2.05, 4.69) is 0 Å². The van der Waals surface area contributed by atoms with Crippen molar-refractivity contribution < 1.29 is 33.3 Å². The molecule has 162 valence electrons. The molecule has 2 N–H and O–H groups in total. The van der Waals surface area contributed by atoms with Gasteiger partial charge in [-0.1, -0.05) is 27.7 Å². The summed E-state index contributed by atoms with van der Waals surface area (Å²) in [6.07, 6.45) is -1.15. The van der Waals surface area contributed by atoms with Crippen LogP contribution in [0.15, 0.2) is 0 Å². The highest BCUT2D eigenvalue weighted by molar-refractivity contribution is 8.01. The first-order chi connectivity index (χ1) is 13.0. The Labute approximate surface area is 171 Å². The molecule has 5 unspecified atom stereocenters. The highest BCUT2D eigenvalue weighted by Crippen LogP contribution is 2.44. The number of methoxy groups -OCH3 is 1. The van der Waals surface area contributed by atoms with E-state index in [0.29, 0.717) is 12.2 Å². The summed E-state index contributed by atoms with van der Waals surface area (Å²) in [6, 6.07) is -0.916. The quantitative estimate of drug-likeness (QED) is 0.465. The Bertz CT molecular complexity index is 568. The van der Waals surface area contributed by atoms with Gasteiger partial charge in [0.25, 0.3) is 0 Å². The highest BCUT2D eigenvalue weighted by atomic mass is 32.2. The molecule has 1 rings (SSSR count). The van der Waals surface area contributed by atoms with E-state index in [4.69, 9.17) is 24.7 Å². The van der Waals surface area contributed by atoms with E-state index < -0.39 is 47.2 Å². The third-order valence-corrected chi connectivity index (χ3v) is 6.35. The zero-order chi connectivity index (χ0) is 21.6. The van der Waals surface area contributed by atoms with Crippen molar-refractivity contribution in [2.24, 2.45) is 17.6 Å². The van der Waals surface area contributed by atoms with E-state index >= 15 is 0 Å². The molecule has 0 spiro atoms. The number of carbonyl (C=O) groups is 3. The number of rotatable bonds is 8. The number of hydrogen-bond acceptors (Lipinski definition) is 9. The molecule has 0 aliphatic carbocycles. The molecule has 0 aromatic carbocycles. The molecule has 0 radical (unpaired) electrons. The lowest BCUT2D eigenvalue weighted by Gasteiger charge is -2.51. The molecule has 1 heterocycles. The van der Waals surface area contributed by atoms with Crippen LogP contribution >= 0.6 is 11.8 Å². The maximum absolute atomic E-state index is 12.7. The van der Waals surface area contributed by atoms with Crippen LogP contribution < -0.4 is 5.73 Å². The van der Waals surface area contributed by atoms with Crippen LogP contribution in [0.4, 0.5) is 0 Å². The number of carbonyl (C=O) groups excluding carboxylic acids is 3. The topological polar surface area (TPSA) is 114 Å². The molecule has 8 nitrogen and oxygen atoms in total. The Morgan fingerprint density at radius 3 is 2.25 bits per heavy atom. The first-order valence-electron chi connectivity index (χ1n) is 9.55. The molecular formula is C19H33NO7S. The fourth-order valence-corrected chi connectivity index (χ4v) is 4.93. The van der Waals surface area contributed by atoms with Crippen molar-refractivity contribution in [3.8, 4) is 0 Å². The maximum atomic E-state index is 12.7. The lowest BCUT2D eigenvalue weighted by atomic mass is 9.79. The van der Waals surface area contributed by atoms with Gasteiger partial charge in [-0.15, -0.1) is 11.8 Å². The molecule has 0 aromatic heterocycles. The minimum Gasteiger partial charge on any atom is -0.466 e. The molecule has 0 aromatic rings. The van der Waals surface area contributed by atoms with Gasteiger partial charge in [0.05, 0.1) is 19.3 Å². The first kappa shape index (κ1) is 24.7. The summed E-state index contributed by atoms with van der Waals surface area (Å²) in [6.45, 7) is 10.2. The average molecular weight is 420 g/mol. The molecular weight excluding hydrogens is 386 g/mol. The van der Waals surface area contributed by atoms with Gasteiger partial charge in [-0.25, -0.2) is 4.79 Å². The van der Waals surface area contributed by atoms with Crippen LogP contribution in [0, 0.1) is 11.8 Å². The van der Waals surface area contributed by atoms with Gasteiger partial charge in [-0.3, -0.25) is 9.59 Å². The second-order valence-corrected chi connectivity index (χ2v) is 8.52. The van der Waals surface area contributed by atoms with Crippen LogP contribution in [-0.2, 0) is 33.3 Å². The Morgan fingerprint density at radius 1 is 1.21 bits per heavy atom. The standard InChI is InChI=1S/C19H33NO7S/c1-8-14(25-12(5)21)10(3)15-11(4)16(26-13(6)22)17(20)19(27-15,28-9-2)18(23)24-7/h10-11,14-17H,8-9,20H2,1-7H3/t10?,11-,14?,15?,16-,17?,19?/m0/s1. The monoisotopic (exact) mass is 419 g/mol. The largest absolute Gasteiger partial charge is 0.466 e. The highest BCUT2D eigenvalue weighted by Gasteiger charge is 2.60. The predicted molar refractivity (Wildman–Crippen MR) is 105 cm³/mol. The number of nitrogens with two attached hydrogens (primary N) is 1. The lowest BCUT2D eigenvalue weighted by Crippen LogP contribution is -2.69. The first-order valence-corrected chi connectivity index (χ1v) is 10.5. The van der Waals surface area contributed by atoms with Gasteiger partial charge in [0, 0.05) is 25.7 Å². The van der Waals surface area contributed by atoms with Crippen molar-refractivity contribution >= 4 is 29.7 Å². The van der Waals surface area contributed by atoms with E-state index in [1.165, 1.54) is 32.7 Å². The van der Waals surface area contributed by atoms with E-state index in [1.807, 2.05) is 27.7 Å². The molecule has 1 aliphatic rings. The van der Waals surface area contributed by atoms with E-state index in [0.717, 1.165) is 0 Å². The summed E-state index contributed by atoms with van der Waals surface area (Å²) in [7, 11) is 1.27. The van der Waals surface area contributed by atoms with Crippen molar-refractivity contribution in [3.63, 3.8) is 0 Å².